The SMILES string of the molecule is Cc1ccc(C)c(C(=O)NC(C)CO)c1C(=O)O. The molecule has 18 heavy (non-hydrogen) atoms. The Hall–Kier alpha value is -1.88. The minimum atomic E-state index is -1.13. The number of aryl methyl sites for hydroxylation is 2. The number of carboxylic acids is 1. The number of hydrogen-bond acceptors (Lipinski definition) is 3. The summed E-state index contributed by atoms with van der Waals surface area (Å²) >= 11 is 0. The molecular weight excluding hydrogens is 234 g/mol. The zero-order chi connectivity index (χ0) is 13.9. The number of amides is 1. The molecule has 5 nitrogen and oxygen atoms in total. The molecule has 0 aromatic heterocycles. The molecule has 1 aromatic rings. The average molecular weight is 251 g/mol. The fourth-order valence-corrected chi connectivity index (χ4v) is 1.72. The highest BCUT2D eigenvalue weighted by Crippen LogP contribution is 2.19. The van der Waals surface area contributed by atoms with E-state index in [1.807, 2.05) is 0 Å². The molecule has 0 spiro atoms. The van der Waals surface area contributed by atoms with Crippen LogP contribution in [0, 0.1) is 13.8 Å². The minimum absolute atomic E-state index is 0.0117. The second-order valence-electron chi connectivity index (χ2n) is 4.31. The lowest BCUT2D eigenvalue weighted by atomic mass is 9.96. The Morgan fingerprint density at radius 2 is 1.72 bits per heavy atom. The number of aliphatic hydroxyl groups is 1. The lowest BCUT2D eigenvalue weighted by Crippen LogP contribution is -2.36. The maximum absolute atomic E-state index is 12.0. The Morgan fingerprint density at radius 3 is 2.17 bits per heavy atom. The summed E-state index contributed by atoms with van der Waals surface area (Å²) in [5, 5.41) is 20.6. The molecule has 0 aliphatic rings. The summed E-state index contributed by atoms with van der Waals surface area (Å²) in [6, 6.07) is 2.96. The molecule has 98 valence electrons. The number of aliphatic hydroxyl groups excluding tert-OH is 1. The van der Waals surface area contributed by atoms with Crippen molar-refractivity contribution in [1.82, 2.24) is 5.32 Å². The van der Waals surface area contributed by atoms with Gasteiger partial charge < -0.3 is 15.5 Å². The van der Waals surface area contributed by atoms with E-state index in [-0.39, 0.29) is 17.7 Å². The molecule has 3 N–H and O–H groups in total. The summed E-state index contributed by atoms with van der Waals surface area (Å²) in [5.41, 5.74) is 1.30. The van der Waals surface area contributed by atoms with Gasteiger partial charge in [-0.15, -0.1) is 0 Å². The van der Waals surface area contributed by atoms with E-state index in [1.54, 1.807) is 32.9 Å². The minimum Gasteiger partial charge on any atom is -0.478 e. The highest BCUT2D eigenvalue weighted by atomic mass is 16.4. The number of carbonyl (C=O) groups is 2. The smallest absolute Gasteiger partial charge is 0.336 e. The van der Waals surface area contributed by atoms with Crippen molar-refractivity contribution in [2.75, 3.05) is 6.61 Å². The molecule has 0 aliphatic carbocycles. The first-order valence-electron chi connectivity index (χ1n) is 5.63. The molecular formula is C13H17NO4. The van der Waals surface area contributed by atoms with Crippen LogP contribution < -0.4 is 5.32 Å². The van der Waals surface area contributed by atoms with Crippen molar-refractivity contribution in [1.29, 1.82) is 0 Å². The predicted molar refractivity (Wildman–Crippen MR) is 66.9 cm³/mol. The van der Waals surface area contributed by atoms with Crippen molar-refractivity contribution in [3.05, 3.63) is 34.4 Å². The van der Waals surface area contributed by atoms with E-state index in [0.29, 0.717) is 11.1 Å². The van der Waals surface area contributed by atoms with Gasteiger partial charge in [0.2, 0.25) is 0 Å². The fraction of sp³-hybridized carbons (Fsp3) is 0.385. The summed E-state index contributed by atoms with van der Waals surface area (Å²) in [4.78, 5) is 23.3. The average Bonchev–Trinajstić information content (AvgIpc) is 2.30. The third-order valence-electron chi connectivity index (χ3n) is 2.71. The summed E-state index contributed by atoms with van der Waals surface area (Å²) in [6.45, 7) is 4.78. The topological polar surface area (TPSA) is 86.6 Å². The number of hydrogen-bond donors (Lipinski definition) is 3. The molecule has 1 aromatic carbocycles. The van der Waals surface area contributed by atoms with Gasteiger partial charge in [-0.2, -0.15) is 0 Å². The van der Waals surface area contributed by atoms with Gasteiger partial charge in [0, 0.05) is 6.04 Å². The second kappa shape index (κ2) is 5.64. The summed E-state index contributed by atoms with van der Waals surface area (Å²) in [6.07, 6.45) is 0. The van der Waals surface area contributed by atoms with Gasteiger partial charge in [0.25, 0.3) is 5.91 Å². The number of carboxylic acid groups (broad SMARTS) is 1. The lowest BCUT2D eigenvalue weighted by Gasteiger charge is -2.15. The van der Waals surface area contributed by atoms with Gasteiger partial charge in [-0.05, 0) is 31.9 Å². The summed E-state index contributed by atoms with van der Waals surface area (Å²) < 4.78 is 0. The zero-order valence-electron chi connectivity index (χ0n) is 10.7. The molecule has 0 heterocycles. The first-order valence-corrected chi connectivity index (χ1v) is 5.63. The van der Waals surface area contributed by atoms with Crippen molar-refractivity contribution in [3.8, 4) is 0 Å². The van der Waals surface area contributed by atoms with Gasteiger partial charge in [0.15, 0.2) is 0 Å². The molecule has 0 saturated carbocycles. The van der Waals surface area contributed by atoms with E-state index in [2.05, 4.69) is 5.32 Å². The van der Waals surface area contributed by atoms with E-state index in [0.717, 1.165) is 0 Å². The number of nitrogens with one attached hydrogen (secondary N) is 1. The van der Waals surface area contributed by atoms with Gasteiger partial charge >= 0.3 is 5.97 Å². The Balaban J connectivity index is 3.26. The van der Waals surface area contributed by atoms with Crippen LogP contribution in [-0.4, -0.2) is 34.7 Å². The molecule has 0 fully saturated rings. The molecule has 1 unspecified atom stereocenters. The third-order valence-corrected chi connectivity index (χ3v) is 2.71. The summed E-state index contributed by atoms with van der Waals surface area (Å²) in [7, 11) is 0. The normalized spacial score (nSPS) is 12.0. The molecule has 1 atom stereocenters. The van der Waals surface area contributed by atoms with Crippen LogP contribution in [0.2, 0.25) is 0 Å². The highest BCUT2D eigenvalue weighted by molar-refractivity contribution is 6.06. The monoisotopic (exact) mass is 251 g/mol. The van der Waals surface area contributed by atoms with E-state index in [1.165, 1.54) is 0 Å². The van der Waals surface area contributed by atoms with Crippen LogP contribution in [0.1, 0.15) is 38.8 Å². The Bertz CT molecular complexity index is 482. The standard InChI is InChI=1S/C13H17NO4/c1-7-4-5-8(2)11(13(17)18)10(7)12(16)14-9(3)6-15/h4-5,9,15H,6H2,1-3H3,(H,14,16)(H,17,18). The van der Waals surface area contributed by atoms with Crippen LogP contribution in [-0.2, 0) is 0 Å². The van der Waals surface area contributed by atoms with Gasteiger partial charge in [-0.25, -0.2) is 4.79 Å². The van der Waals surface area contributed by atoms with Gasteiger partial charge in [-0.3, -0.25) is 4.79 Å². The van der Waals surface area contributed by atoms with Crippen molar-refractivity contribution in [3.63, 3.8) is 0 Å². The first kappa shape index (κ1) is 14.2. The number of carbonyl (C=O) groups excluding carboxylic acids is 1. The van der Waals surface area contributed by atoms with E-state index >= 15 is 0 Å². The molecule has 0 saturated heterocycles. The van der Waals surface area contributed by atoms with E-state index < -0.39 is 17.9 Å². The maximum atomic E-state index is 12.0. The first-order chi connectivity index (χ1) is 8.38. The number of rotatable bonds is 4. The van der Waals surface area contributed by atoms with Gasteiger partial charge in [0.1, 0.15) is 0 Å². The van der Waals surface area contributed by atoms with Gasteiger partial charge in [-0.1, -0.05) is 12.1 Å². The molecule has 5 heteroatoms. The van der Waals surface area contributed by atoms with Crippen LogP contribution in [0.4, 0.5) is 0 Å². The molecule has 0 bridgehead atoms. The maximum Gasteiger partial charge on any atom is 0.336 e. The highest BCUT2D eigenvalue weighted by Gasteiger charge is 2.21. The van der Waals surface area contributed by atoms with Crippen molar-refractivity contribution in [2.24, 2.45) is 0 Å². The van der Waals surface area contributed by atoms with Crippen molar-refractivity contribution in [2.45, 2.75) is 26.8 Å². The van der Waals surface area contributed by atoms with Crippen molar-refractivity contribution < 1.29 is 19.8 Å². The number of benzene rings is 1. The predicted octanol–water partition coefficient (Wildman–Crippen LogP) is 1.11. The van der Waals surface area contributed by atoms with Crippen LogP contribution in [0.5, 0.6) is 0 Å². The molecule has 1 rings (SSSR count). The number of aromatic carboxylic acids is 1. The van der Waals surface area contributed by atoms with Crippen LogP contribution in [0.3, 0.4) is 0 Å². The largest absolute Gasteiger partial charge is 0.478 e. The molecule has 0 radical (unpaired) electrons. The molecule has 1 amide bonds. The zero-order valence-corrected chi connectivity index (χ0v) is 10.7. The summed E-state index contributed by atoms with van der Waals surface area (Å²) in [5.74, 6) is -1.60. The van der Waals surface area contributed by atoms with Crippen LogP contribution >= 0.6 is 0 Å². The van der Waals surface area contributed by atoms with Crippen LogP contribution in [0.15, 0.2) is 12.1 Å². The van der Waals surface area contributed by atoms with Crippen molar-refractivity contribution >= 4 is 11.9 Å². The Morgan fingerprint density at radius 1 is 1.22 bits per heavy atom. The second-order valence-corrected chi connectivity index (χ2v) is 4.31. The van der Waals surface area contributed by atoms with E-state index in [4.69, 9.17) is 5.11 Å². The van der Waals surface area contributed by atoms with E-state index in [9.17, 15) is 14.7 Å². The van der Waals surface area contributed by atoms with Gasteiger partial charge in [0.05, 0.1) is 17.7 Å². The third kappa shape index (κ3) is 2.87. The van der Waals surface area contributed by atoms with Crippen LogP contribution in [0.25, 0.3) is 0 Å². The molecule has 0 aliphatic heterocycles. The Kier molecular flexibility index (Phi) is 4.44. The lowest BCUT2D eigenvalue weighted by molar-refractivity contribution is 0.0689. The quantitative estimate of drug-likeness (QED) is 0.748. The fourth-order valence-electron chi connectivity index (χ4n) is 1.72. The Labute approximate surface area is 105 Å².